The second kappa shape index (κ2) is 7.21. The lowest BCUT2D eigenvalue weighted by Crippen LogP contribution is -2.43. The number of carbonyl (C=O) groups is 1. The van der Waals surface area contributed by atoms with Gasteiger partial charge in [-0.3, -0.25) is 9.69 Å². The molecule has 2 atom stereocenters. The number of nitrogens with one attached hydrogen (secondary N) is 1. The van der Waals surface area contributed by atoms with E-state index in [4.69, 9.17) is 4.42 Å². The van der Waals surface area contributed by atoms with Crippen LogP contribution < -0.4 is 5.32 Å². The summed E-state index contributed by atoms with van der Waals surface area (Å²) in [5, 5.41) is 7.36. The number of anilines is 1. The number of hydrogen-bond donors (Lipinski definition) is 1. The van der Waals surface area contributed by atoms with Crippen molar-refractivity contribution in [1.82, 2.24) is 14.7 Å². The predicted octanol–water partition coefficient (Wildman–Crippen LogP) is 3.44. The zero-order chi connectivity index (χ0) is 17.1. The van der Waals surface area contributed by atoms with Gasteiger partial charge in [-0.25, -0.2) is 4.68 Å². The summed E-state index contributed by atoms with van der Waals surface area (Å²) in [6, 6.07) is 6.20. The maximum atomic E-state index is 12.8. The molecule has 2 aromatic heterocycles. The van der Waals surface area contributed by atoms with Crippen LogP contribution in [-0.4, -0.2) is 32.7 Å². The third-order valence-electron chi connectivity index (χ3n) is 4.74. The van der Waals surface area contributed by atoms with Crippen molar-refractivity contribution in [3.63, 3.8) is 0 Å². The van der Waals surface area contributed by atoms with Crippen molar-refractivity contribution in [2.45, 2.75) is 64.7 Å². The smallest absolute Gasteiger partial charge is 0.242 e. The molecular weight excluding hydrogens is 304 g/mol. The van der Waals surface area contributed by atoms with Gasteiger partial charge in [0.1, 0.15) is 11.6 Å². The molecule has 1 amide bonds. The van der Waals surface area contributed by atoms with Crippen molar-refractivity contribution >= 4 is 11.7 Å². The van der Waals surface area contributed by atoms with Crippen LogP contribution in [0.3, 0.4) is 0 Å². The Bertz CT molecular complexity index is 660. The minimum Gasteiger partial charge on any atom is -0.468 e. The molecule has 0 unspecified atom stereocenters. The zero-order valence-electron chi connectivity index (χ0n) is 14.6. The highest BCUT2D eigenvalue weighted by atomic mass is 16.3. The standard InChI is InChI=1S/C18H26N4O2/c1-4-13(2)22-17(9-10-19-22)20-18(23)14(3)21(15-7-8-15)12-16-6-5-11-24-16/h5-6,9-11,13-15H,4,7-8,12H2,1-3H3,(H,20,23)/t13-,14-/m0/s1. The van der Waals surface area contributed by atoms with Crippen molar-refractivity contribution in [3.8, 4) is 0 Å². The number of carbonyl (C=O) groups excluding carboxylic acids is 1. The molecule has 130 valence electrons. The molecule has 1 aliphatic rings. The quantitative estimate of drug-likeness (QED) is 0.805. The Morgan fingerprint density at radius 3 is 2.88 bits per heavy atom. The van der Waals surface area contributed by atoms with E-state index < -0.39 is 0 Å². The number of rotatable bonds is 8. The zero-order valence-corrected chi connectivity index (χ0v) is 14.6. The van der Waals surface area contributed by atoms with E-state index in [0.717, 1.165) is 30.8 Å². The molecule has 1 aliphatic carbocycles. The van der Waals surface area contributed by atoms with Gasteiger partial charge in [-0.05, 0) is 45.2 Å². The second-order valence-corrected chi connectivity index (χ2v) is 6.57. The molecule has 2 heterocycles. The monoisotopic (exact) mass is 330 g/mol. The number of nitrogens with zero attached hydrogens (tertiary/aromatic N) is 3. The molecule has 0 bridgehead atoms. The van der Waals surface area contributed by atoms with Gasteiger partial charge in [-0.15, -0.1) is 0 Å². The molecule has 6 nitrogen and oxygen atoms in total. The fourth-order valence-corrected chi connectivity index (χ4v) is 2.89. The fourth-order valence-electron chi connectivity index (χ4n) is 2.89. The predicted molar refractivity (Wildman–Crippen MR) is 92.6 cm³/mol. The van der Waals surface area contributed by atoms with Gasteiger partial charge >= 0.3 is 0 Å². The summed E-state index contributed by atoms with van der Waals surface area (Å²) in [4.78, 5) is 15.0. The van der Waals surface area contributed by atoms with Crippen LogP contribution in [0.25, 0.3) is 0 Å². The van der Waals surface area contributed by atoms with Gasteiger partial charge < -0.3 is 9.73 Å². The summed E-state index contributed by atoms with van der Waals surface area (Å²) >= 11 is 0. The van der Waals surface area contributed by atoms with Gasteiger partial charge in [-0.1, -0.05) is 6.92 Å². The molecule has 2 aromatic rings. The van der Waals surface area contributed by atoms with Crippen LogP contribution in [0.1, 0.15) is 51.8 Å². The average molecular weight is 330 g/mol. The van der Waals surface area contributed by atoms with Gasteiger partial charge in [0.15, 0.2) is 0 Å². The first-order valence-corrected chi connectivity index (χ1v) is 8.72. The van der Waals surface area contributed by atoms with Gasteiger partial charge in [0, 0.05) is 12.1 Å². The molecule has 0 spiro atoms. The molecule has 1 fully saturated rings. The largest absolute Gasteiger partial charge is 0.468 e. The van der Waals surface area contributed by atoms with E-state index >= 15 is 0 Å². The molecule has 1 N–H and O–H groups in total. The molecule has 0 radical (unpaired) electrons. The number of furan rings is 1. The van der Waals surface area contributed by atoms with Gasteiger partial charge in [-0.2, -0.15) is 5.10 Å². The van der Waals surface area contributed by atoms with E-state index in [1.54, 1.807) is 12.5 Å². The maximum Gasteiger partial charge on any atom is 0.242 e. The third kappa shape index (κ3) is 3.70. The molecule has 24 heavy (non-hydrogen) atoms. The van der Waals surface area contributed by atoms with Crippen LogP contribution in [-0.2, 0) is 11.3 Å². The number of hydrogen-bond acceptors (Lipinski definition) is 4. The van der Waals surface area contributed by atoms with Crippen LogP contribution in [0.4, 0.5) is 5.82 Å². The topological polar surface area (TPSA) is 63.3 Å². The molecule has 1 saturated carbocycles. The highest BCUT2D eigenvalue weighted by Gasteiger charge is 2.35. The molecule has 3 rings (SSSR count). The van der Waals surface area contributed by atoms with Gasteiger partial charge in [0.25, 0.3) is 0 Å². The Labute approximate surface area is 142 Å². The van der Waals surface area contributed by atoms with E-state index in [1.807, 2.05) is 29.8 Å². The average Bonchev–Trinajstić information content (AvgIpc) is 3.09. The summed E-state index contributed by atoms with van der Waals surface area (Å²) in [6.07, 6.45) is 6.66. The first-order chi connectivity index (χ1) is 11.6. The maximum absolute atomic E-state index is 12.8. The highest BCUT2D eigenvalue weighted by Crippen LogP contribution is 2.30. The summed E-state index contributed by atoms with van der Waals surface area (Å²) in [5.41, 5.74) is 0. The fraction of sp³-hybridized carbons (Fsp3) is 0.556. The van der Waals surface area contributed by atoms with E-state index in [9.17, 15) is 4.79 Å². The molecule has 0 aliphatic heterocycles. The van der Waals surface area contributed by atoms with E-state index in [-0.39, 0.29) is 18.0 Å². The lowest BCUT2D eigenvalue weighted by molar-refractivity contribution is -0.121. The molecule has 0 aromatic carbocycles. The van der Waals surface area contributed by atoms with Crippen molar-refractivity contribution in [3.05, 3.63) is 36.4 Å². The Balaban J connectivity index is 1.68. The molecule has 6 heteroatoms. The first kappa shape index (κ1) is 16.8. The summed E-state index contributed by atoms with van der Waals surface area (Å²) in [5.74, 6) is 1.65. The Hall–Kier alpha value is -2.08. The van der Waals surface area contributed by atoms with Crippen LogP contribution in [0, 0.1) is 0 Å². The van der Waals surface area contributed by atoms with Crippen LogP contribution >= 0.6 is 0 Å². The van der Waals surface area contributed by atoms with E-state index in [0.29, 0.717) is 12.6 Å². The Kier molecular flexibility index (Phi) is 5.04. The van der Waals surface area contributed by atoms with Gasteiger partial charge in [0.05, 0.1) is 31.1 Å². The van der Waals surface area contributed by atoms with Gasteiger partial charge in [0.2, 0.25) is 5.91 Å². The van der Waals surface area contributed by atoms with Crippen LogP contribution in [0.15, 0.2) is 35.1 Å². The molecule has 0 saturated heterocycles. The third-order valence-corrected chi connectivity index (χ3v) is 4.74. The van der Waals surface area contributed by atoms with Crippen LogP contribution in [0.2, 0.25) is 0 Å². The summed E-state index contributed by atoms with van der Waals surface area (Å²) in [6.45, 7) is 6.83. The second-order valence-electron chi connectivity index (χ2n) is 6.57. The Morgan fingerprint density at radius 2 is 2.25 bits per heavy atom. The lowest BCUT2D eigenvalue weighted by atomic mass is 10.2. The minimum atomic E-state index is -0.220. The van der Waals surface area contributed by atoms with E-state index in [2.05, 4.69) is 29.2 Å². The summed E-state index contributed by atoms with van der Waals surface area (Å²) < 4.78 is 7.33. The van der Waals surface area contributed by atoms with Crippen molar-refractivity contribution in [1.29, 1.82) is 0 Å². The summed E-state index contributed by atoms with van der Waals surface area (Å²) in [7, 11) is 0. The minimum absolute atomic E-state index is 0.00138. The first-order valence-electron chi connectivity index (χ1n) is 8.72. The SMILES string of the molecule is CC[C@H](C)n1nccc1NC(=O)[C@H](C)N(Cc1ccco1)C1CC1. The van der Waals surface area contributed by atoms with Crippen molar-refractivity contribution < 1.29 is 9.21 Å². The number of amides is 1. The normalized spacial score (nSPS) is 17.0. The Morgan fingerprint density at radius 1 is 1.46 bits per heavy atom. The number of aromatic nitrogens is 2. The van der Waals surface area contributed by atoms with Crippen molar-refractivity contribution in [2.24, 2.45) is 0 Å². The molecular formula is C18H26N4O2. The lowest BCUT2D eigenvalue weighted by Gasteiger charge is -2.27. The van der Waals surface area contributed by atoms with Crippen molar-refractivity contribution in [2.75, 3.05) is 5.32 Å². The highest BCUT2D eigenvalue weighted by molar-refractivity contribution is 5.93. The van der Waals surface area contributed by atoms with E-state index in [1.165, 1.54) is 0 Å². The van der Waals surface area contributed by atoms with Crippen LogP contribution in [0.5, 0.6) is 0 Å².